The normalized spacial score (nSPS) is 25.4. The zero-order valence-corrected chi connectivity index (χ0v) is 10.5. The summed E-state index contributed by atoms with van der Waals surface area (Å²) in [5.74, 6) is -1.69. The SMILES string of the molecule is CCN(CCS(N)(=O)=O)C1COCC1C(=O)O. The van der Waals surface area contributed by atoms with E-state index in [0.29, 0.717) is 13.2 Å². The molecule has 0 aromatic rings. The summed E-state index contributed by atoms with van der Waals surface area (Å²) in [5.41, 5.74) is 0. The number of sulfonamides is 1. The van der Waals surface area contributed by atoms with Gasteiger partial charge in [-0.25, -0.2) is 13.6 Å². The van der Waals surface area contributed by atoms with E-state index in [1.165, 1.54) is 0 Å². The second-order valence-corrected chi connectivity index (χ2v) is 5.78. The predicted molar refractivity (Wildman–Crippen MR) is 61.0 cm³/mol. The maximum atomic E-state index is 11.0. The van der Waals surface area contributed by atoms with Crippen molar-refractivity contribution in [1.82, 2.24) is 4.90 Å². The van der Waals surface area contributed by atoms with Crippen molar-refractivity contribution in [2.75, 3.05) is 32.1 Å². The number of hydrogen-bond donors (Lipinski definition) is 2. The summed E-state index contributed by atoms with van der Waals surface area (Å²) in [4.78, 5) is 12.8. The molecule has 0 bridgehead atoms. The number of nitrogens with zero attached hydrogens (tertiary/aromatic N) is 1. The van der Waals surface area contributed by atoms with Crippen LogP contribution in [0.15, 0.2) is 0 Å². The molecule has 17 heavy (non-hydrogen) atoms. The average molecular weight is 266 g/mol. The number of hydrogen-bond acceptors (Lipinski definition) is 5. The van der Waals surface area contributed by atoms with Crippen LogP contribution in [0.5, 0.6) is 0 Å². The van der Waals surface area contributed by atoms with Crippen LogP contribution in [0.2, 0.25) is 0 Å². The smallest absolute Gasteiger partial charge is 0.310 e. The van der Waals surface area contributed by atoms with Gasteiger partial charge < -0.3 is 9.84 Å². The van der Waals surface area contributed by atoms with Crippen LogP contribution in [0.4, 0.5) is 0 Å². The summed E-state index contributed by atoms with van der Waals surface area (Å²) < 4.78 is 26.9. The van der Waals surface area contributed by atoms with Crippen molar-refractivity contribution >= 4 is 16.0 Å². The van der Waals surface area contributed by atoms with Gasteiger partial charge in [0.25, 0.3) is 0 Å². The Morgan fingerprint density at radius 2 is 2.18 bits per heavy atom. The zero-order valence-electron chi connectivity index (χ0n) is 9.70. The number of carboxylic acid groups (broad SMARTS) is 1. The first kappa shape index (κ1) is 14.4. The summed E-state index contributed by atoms with van der Waals surface area (Å²) in [6.07, 6.45) is 0. The van der Waals surface area contributed by atoms with Crippen LogP contribution >= 0.6 is 0 Å². The van der Waals surface area contributed by atoms with Gasteiger partial charge in [0.2, 0.25) is 10.0 Å². The molecule has 1 heterocycles. The first-order valence-electron chi connectivity index (χ1n) is 5.40. The lowest BCUT2D eigenvalue weighted by Crippen LogP contribution is -2.45. The Kier molecular flexibility index (Phi) is 4.87. The van der Waals surface area contributed by atoms with Gasteiger partial charge in [0.1, 0.15) is 0 Å². The van der Waals surface area contributed by atoms with Crippen LogP contribution in [0.3, 0.4) is 0 Å². The highest BCUT2D eigenvalue weighted by Gasteiger charge is 2.37. The minimum absolute atomic E-state index is 0.172. The lowest BCUT2D eigenvalue weighted by molar-refractivity contribution is -0.143. The Balaban J connectivity index is 2.63. The molecule has 8 heteroatoms. The Morgan fingerprint density at radius 3 is 2.65 bits per heavy atom. The fourth-order valence-corrected chi connectivity index (χ4v) is 2.43. The molecule has 0 radical (unpaired) electrons. The second kappa shape index (κ2) is 5.76. The molecule has 0 aromatic carbocycles. The first-order chi connectivity index (χ1) is 7.85. The van der Waals surface area contributed by atoms with Gasteiger partial charge >= 0.3 is 5.97 Å². The number of primary sulfonamides is 1. The van der Waals surface area contributed by atoms with Gasteiger partial charge in [0.05, 0.1) is 24.9 Å². The molecule has 1 rings (SSSR count). The van der Waals surface area contributed by atoms with Crippen molar-refractivity contribution in [3.8, 4) is 0 Å². The van der Waals surface area contributed by atoms with Crippen molar-refractivity contribution < 1.29 is 23.1 Å². The molecule has 0 amide bonds. The van der Waals surface area contributed by atoms with Crippen molar-refractivity contribution in [1.29, 1.82) is 0 Å². The number of carbonyl (C=O) groups is 1. The average Bonchev–Trinajstić information content (AvgIpc) is 2.66. The first-order valence-corrected chi connectivity index (χ1v) is 7.11. The van der Waals surface area contributed by atoms with Crippen LogP contribution in [-0.2, 0) is 19.6 Å². The fraction of sp³-hybridized carbons (Fsp3) is 0.889. The van der Waals surface area contributed by atoms with E-state index in [1.807, 2.05) is 6.92 Å². The highest BCUT2D eigenvalue weighted by molar-refractivity contribution is 7.89. The van der Waals surface area contributed by atoms with Gasteiger partial charge in [-0.15, -0.1) is 0 Å². The molecule has 0 aromatic heterocycles. The molecular formula is C9H18N2O5S. The lowest BCUT2D eigenvalue weighted by Gasteiger charge is -2.28. The van der Waals surface area contributed by atoms with Gasteiger partial charge in [0.15, 0.2) is 0 Å². The van der Waals surface area contributed by atoms with E-state index in [9.17, 15) is 13.2 Å². The number of rotatable bonds is 6. The Bertz CT molecular complexity index is 370. The summed E-state index contributed by atoms with van der Waals surface area (Å²) in [7, 11) is -3.53. The van der Waals surface area contributed by atoms with E-state index in [4.69, 9.17) is 15.0 Å². The van der Waals surface area contributed by atoms with E-state index < -0.39 is 21.9 Å². The molecule has 1 aliphatic heterocycles. The van der Waals surface area contributed by atoms with Crippen molar-refractivity contribution in [2.24, 2.45) is 11.1 Å². The maximum absolute atomic E-state index is 11.0. The number of ether oxygens (including phenoxy) is 1. The molecular weight excluding hydrogens is 248 g/mol. The highest BCUT2D eigenvalue weighted by Crippen LogP contribution is 2.19. The van der Waals surface area contributed by atoms with Crippen LogP contribution < -0.4 is 5.14 Å². The number of aliphatic carboxylic acids is 1. The molecule has 7 nitrogen and oxygen atoms in total. The topological polar surface area (TPSA) is 110 Å². The third-order valence-corrected chi connectivity index (χ3v) is 3.66. The number of likely N-dealkylation sites (N-methyl/N-ethyl adjacent to an activating group) is 1. The van der Waals surface area contributed by atoms with Gasteiger partial charge in [-0.3, -0.25) is 9.69 Å². The Hall–Kier alpha value is -0.700. The van der Waals surface area contributed by atoms with Crippen molar-refractivity contribution in [3.63, 3.8) is 0 Å². The summed E-state index contributed by atoms with van der Waals surface area (Å²) in [6.45, 7) is 3.13. The molecule has 100 valence electrons. The van der Waals surface area contributed by atoms with Gasteiger partial charge in [-0.2, -0.15) is 0 Å². The van der Waals surface area contributed by atoms with E-state index >= 15 is 0 Å². The Morgan fingerprint density at radius 1 is 1.53 bits per heavy atom. The molecule has 1 saturated heterocycles. The standard InChI is InChI=1S/C9H18N2O5S/c1-2-11(3-4-17(10,14)15)8-6-16-5-7(8)9(12)13/h7-8H,2-6H2,1H3,(H,12,13)(H2,10,14,15). The molecule has 0 saturated carbocycles. The largest absolute Gasteiger partial charge is 0.481 e. The van der Waals surface area contributed by atoms with E-state index in [0.717, 1.165) is 0 Å². The Labute approximate surface area is 101 Å². The second-order valence-electron chi connectivity index (χ2n) is 4.05. The minimum atomic E-state index is -3.53. The van der Waals surface area contributed by atoms with Crippen molar-refractivity contribution in [3.05, 3.63) is 0 Å². The fourth-order valence-electron chi connectivity index (χ4n) is 1.94. The van der Waals surface area contributed by atoms with Gasteiger partial charge in [-0.05, 0) is 6.54 Å². The summed E-state index contributed by atoms with van der Waals surface area (Å²) in [6, 6.07) is -0.278. The monoisotopic (exact) mass is 266 g/mol. The minimum Gasteiger partial charge on any atom is -0.481 e. The third kappa shape index (κ3) is 4.23. The van der Waals surface area contributed by atoms with Gasteiger partial charge in [-0.1, -0.05) is 6.92 Å². The zero-order chi connectivity index (χ0) is 13.1. The maximum Gasteiger partial charge on any atom is 0.310 e. The van der Waals surface area contributed by atoms with Crippen LogP contribution in [0, 0.1) is 5.92 Å². The van der Waals surface area contributed by atoms with Crippen LogP contribution in [0.25, 0.3) is 0 Å². The number of nitrogens with two attached hydrogens (primary N) is 1. The van der Waals surface area contributed by atoms with Crippen LogP contribution in [-0.4, -0.2) is 62.5 Å². The van der Waals surface area contributed by atoms with E-state index in [1.54, 1.807) is 4.90 Å². The lowest BCUT2D eigenvalue weighted by atomic mass is 10.0. The molecule has 2 unspecified atom stereocenters. The van der Waals surface area contributed by atoms with Crippen LogP contribution in [0.1, 0.15) is 6.92 Å². The van der Waals surface area contributed by atoms with Gasteiger partial charge in [0, 0.05) is 12.6 Å². The molecule has 0 spiro atoms. The predicted octanol–water partition coefficient (Wildman–Crippen LogP) is -1.30. The molecule has 2 atom stereocenters. The summed E-state index contributed by atoms with van der Waals surface area (Å²) >= 11 is 0. The van der Waals surface area contributed by atoms with Crippen molar-refractivity contribution in [2.45, 2.75) is 13.0 Å². The summed E-state index contributed by atoms with van der Waals surface area (Å²) in [5, 5.41) is 13.9. The molecule has 0 aliphatic carbocycles. The third-order valence-electron chi connectivity index (χ3n) is 2.91. The van der Waals surface area contributed by atoms with E-state index in [-0.39, 0.29) is 24.9 Å². The molecule has 3 N–H and O–H groups in total. The molecule has 1 aliphatic rings. The van der Waals surface area contributed by atoms with E-state index in [2.05, 4.69) is 0 Å². The quantitative estimate of drug-likeness (QED) is 0.618. The molecule has 1 fully saturated rings. The number of carboxylic acids is 1. The highest BCUT2D eigenvalue weighted by atomic mass is 32.2.